The monoisotopic (exact) mass is 1270 g/mol. The van der Waals surface area contributed by atoms with Gasteiger partial charge >= 0.3 is 7.82 Å². The van der Waals surface area contributed by atoms with Crippen molar-refractivity contribution in [2.24, 2.45) is 94.7 Å². The molecule has 3 unspecified atom stereocenters. The lowest BCUT2D eigenvalue weighted by Crippen LogP contribution is -2.56. The lowest BCUT2D eigenvalue weighted by atomic mass is 9.55. The second kappa shape index (κ2) is 25.6. The van der Waals surface area contributed by atoms with Crippen molar-refractivity contribution in [1.29, 1.82) is 0 Å². The predicted molar refractivity (Wildman–Crippen MR) is 334 cm³/mol. The van der Waals surface area contributed by atoms with Gasteiger partial charge < -0.3 is 69.4 Å². The van der Waals surface area contributed by atoms with Crippen LogP contribution in [0.25, 0.3) is 11.0 Å². The number of allylic oxidation sites excluding steroid dienone is 6. The van der Waals surface area contributed by atoms with Crippen molar-refractivity contribution >= 4 is 77.3 Å². The number of aliphatic hydroxyl groups excluding tert-OH is 2. The summed E-state index contributed by atoms with van der Waals surface area (Å²) in [5.41, 5.74) is 37.4. The van der Waals surface area contributed by atoms with Gasteiger partial charge in [0.1, 0.15) is 18.3 Å². The van der Waals surface area contributed by atoms with Gasteiger partial charge in [0.25, 0.3) is 0 Å². The molecule has 15 atom stereocenters. The minimum Gasteiger partial charge on any atom is -0.394 e. The molecule has 6 aliphatic heterocycles. The number of phosphoric ester groups is 1. The molecule has 2 fully saturated rings. The molecule has 17 N–H and O–H groups in total. The van der Waals surface area contributed by atoms with Gasteiger partial charge in [0.05, 0.1) is 41.7 Å². The number of phosphoric acid groups is 1. The summed E-state index contributed by atoms with van der Waals surface area (Å²) in [5, 5.41) is 28.2. The first-order chi connectivity index (χ1) is 41.8. The van der Waals surface area contributed by atoms with Crippen LogP contribution < -0.4 is 45.0 Å². The topological polar surface area (TPSA) is 460 Å². The Morgan fingerprint density at radius 1 is 0.800 bits per heavy atom. The Morgan fingerprint density at radius 3 is 1.99 bits per heavy atom. The molecule has 2 saturated heterocycles. The summed E-state index contributed by atoms with van der Waals surface area (Å²) in [7, 11) is -5.07. The fraction of sp³-hybridized carbons (Fsp3) is 0.629. The van der Waals surface area contributed by atoms with E-state index >= 15 is 0 Å². The number of aryl methyl sites for hydroxylation is 2. The molecule has 7 heterocycles. The highest BCUT2D eigenvalue weighted by Crippen LogP contribution is 2.63. The quantitative estimate of drug-likeness (QED) is 0.0603. The average Bonchev–Trinajstić information content (AvgIpc) is 1.53. The normalized spacial score (nSPS) is 34.2. The SMILES string of the molecule is C/C1=C2N=C(/C=C3\N/C(=C(/C)C4=N[C@@](C)(C5N=C1[C@](C)(CCC(=O)NC[C@@H](C)OP(=O)(O)O[C@@H]1[C@@H](O)[C@@H](n6cnc7cc(C)c(C)cc76)O[C@@H]1CO)C5CC(N)=O)[C@@](C)(CC(N)=O)[C@@H]4CCC(N)=O)[C@@](C)(CC(N)=O)[C@@H]3CCC(N)=O)C(C)(C)[C@@H]/2CCC(N)=O. The number of fused-ring (bicyclic) bond motifs is 7. The smallest absolute Gasteiger partial charge is 0.394 e. The van der Waals surface area contributed by atoms with Gasteiger partial charge in [-0.2, -0.15) is 0 Å². The highest BCUT2D eigenvalue weighted by molar-refractivity contribution is 7.47. The zero-order valence-electron chi connectivity index (χ0n) is 53.3. The maximum absolute atomic E-state index is 14.4. The van der Waals surface area contributed by atoms with E-state index in [1.165, 1.54) is 13.3 Å². The molecule has 0 aliphatic carbocycles. The highest BCUT2D eigenvalue weighted by Gasteiger charge is 2.66. The van der Waals surface area contributed by atoms with Crippen molar-refractivity contribution in [3.8, 4) is 0 Å². The summed E-state index contributed by atoms with van der Waals surface area (Å²) in [5.74, 6) is -7.18. The van der Waals surface area contributed by atoms with E-state index in [-0.39, 0.29) is 77.2 Å². The molecular weight excluding hydrogens is 1180 g/mol. The number of hydrogen-bond acceptors (Lipinski definition) is 18. The third-order valence-electron chi connectivity index (χ3n) is 20.6. The summed E-state index contributed by atoms with van der Waals surface area (Å²) in [6.07, 6.45) is -4.26. The minimum absolute atomic E-state index is 0.0114. The summed E-state index contributed by atoms with van der Waals surface area (Å²) >= 11 is 0. The van der Waals surface area contributed by atoms with Gasteiger partial charge in [-0.15, -0.1) is 0 Å². The molecule has 492 valence electrons. The molecule has 0 spiro atoms. The predicted octanol–water partition coefficient (Wildman–Crippen LogP) is 3.16. The second-order valence-electron chi connectivity index (χ2n) is 27.1. The molecule has 7 amide bonds. The van der Waals surface area contributed by atoms with Crippen molar-refractivity contribution in [2.45, 2.75) is 189 Å². The van der Waals surface area contributed by atoms with E-state index in [9.17, 15) is 53.2 Å². The average molecular weight is 1270 g/mol. The maximum atomic E-state index is 14.4. The molecule has 8 bridgehead atoms. The standard InChI is InChI=1S/C62H90N13O14P/c1-29-20-39-40(21-30(29)2)75(28-70-39)57-52(84)53(41(27-76)87-57)89-90(85,86)88-31(3)26-69-49(83)18-19-59(8)37(22-46(66)80)56-62(11)61(10,25-48(68)82)36(14-17-45(65)79)51(74-62)33(5)55-60(9,24-47(67)81)34(12-15-43(63)77)38(71-55)23-42-58(6,7)35(13-16-44(64)78)50(72-42)32(4)54(59)73-56/h20-21,23,28,31,34-37,41,52-53,56-57,71,76,84H,12-19,22,24-27H2,1-11H3,(H2,63,77)(H2,64,78)(H2,65,79)(H2,66,80)(H2,67,81)(H2,68,82)(H,69,83)(H,85,86)/b38-23-,50-32-,55-33-/t31-,34-,35-,36-,37?,41-,52-,53+,56?,57+,59-,60+,61+,62+/m1/s1. The van der Waals surface area contributed by atoms with E-state index in [4.69, 9.17) is 63.2 Å². The number of amides is 7. The molecule has 2 aromatic rings. The van der Waals surface area contributed by atoms with Crippen molar-refractivity contribution in [3.63, 3.8) is 0 Å². The van der Waals surface area contributed by atoms with Crippen molar-refractivity contribution in [3.05, 3.63) is 63.9 Å². The third kappa shape index (κ3) is 13.0. The number of nitrogens with zero attached hydrogens (tertiary/aromatic N) is 5. The van der Waals surface area contributed by atoms with Crippen LogP contribution in [0.5, 0.6) is 0 Å². The van der Waals surface area contributed by atoms with Crippen LogP contribution >= 0.6 is 7.82 Å². The number of carbonyl (C=O) groups is 7. The van der Waals surface area contributed by atoms with Gasteiger partial charge in [-0.05, 0) is 108 Å². The minimum atomic E-state index is -5.07. The van der Waals surface area contributed by atoms with Crippen LogP contribution in [-0.2, 0) is 51.9 Å². The van der Waals surface area contributed by atoms with Crippen LogP contribution in [-0.4, -0.2) is 132 Å². The fourth-order valence-corrected chi connectivity index (χ4v) is 16.6. The van der Waals surface area contributed by atoms with Crippen molar-refractivity contribution < 1.29 is 67.0 Å². The number of ether oxygens (including phenoxy) is 1. The first kappa shape index (κ1) is 68.9. The lowest BCUT2D eigenvalue weighted by Gasteiger charge is -2.48. The van der Waals surface area contributed by atoms with Crippen LogP contribution in [0.3, 0.4) is 0 Å². The number of nitrogens with one attached hydrogen (secondary N) is 2. The summed E-state index contributed by atoms with van der Waals surface area (Å²) in [6.45, 7) is 19.3. The summed E-state index contributed by atoms with van der Waals surface area (Å²) in [6, 6.07) is 2.70. The maximum Gasteiger partial charge on any atom is 0.472 e. The molecule has 28 heteroatoms. The number of aromatic nitrogens is 2. The van der Waals surface area contributed by atoms with Gasteiger partial charge in [0.2, 0.25) is 41.4 Å². The number of rotatable bonds is 26. The number of primary amides is 6. The van der Waals surface area contributed by atoms with E-state index < -0.39 is 143 Å². The van der Waals surface area contributed by atoms with Crippen molar-refractivity contribution in [1.82, 2.24) is 20.2 Å². The van der Waals surface area contributed by atoms with Crippen LogP contribution in [0, 0.1) is 59.2 Å². The number of aliphatic hydroxyl groups is 2. The van der Waals surface area contributed by atoms with Gasteiger partial charge in [0.15, 0.2) is 6.23 Å². The number of imidazole rings is 1. The number of nitrogens with two attached hydrogens (primary N) is 6. The van der Waals surface area contributed by atoms with Gasteiger partial charge in [-0.3, -0.25) is 57.6 Å². The molecule has 27 nitrogen and oxygen atoms in total. The summed E-state index contributed by atoms with van der Waals surface area (Å²) < 4.78 is 32.3. The lowest BCUT2D eigenvalue weighted by molar-refractivity contribution is -0.124. The Hall–Kier alpha value is -7.00. The highest BCUT2D eigenvalue weighted by atomic mass is 31.2. The Balaban J connectivity index is 1.19. The number of hydrogen-bond donors (Lipinski definition) is 11. The number of aliphatic imine (C=N–C) groups is 3. The van der Waals surface area contributed by atoms with Crippen LogP contribution in [0.4, 0.5) is 0 Å². The first-order valence-corrected chi connectivity index (χ1v) is 32.1. The zero-order chi connectivity index (χ0) is 66.7. The summed E-state index contributed by atoms with van der Waals surface area (Å²) in [4.78, 5) is 126. The van der Waals surface area contributed by atoms with Gasteiger partial charge in [-0.1, -0.05) is 34.6 Å². The van der Waals surface area contributed by atoms with E-state index in [1.807, 2.05) is 87.4 Å². The van der Waals surface area contributed by atoms with Crippen LogP contribution in [0.2, 0.25) is 0 Å². The second-order valence-corrected chi connectivity index (χ2v) is 28.4. The molecule has 1 aromatic heterocycles. The van der Waals surface area contributed by atoms with E-state index in [1.54, 1.807) is 4.57 Å². The van der Waals surface area contributed by atoms with E-state index in [2.05, 4.69) is 15.6 Å². The molecule has 6 aliphatic rings. The largest absolute Gasteiger partial charge is 0.472 e. The van der Waals surface area contributed by atoms with Crippen LogP contribution in [0.1, 0.15) is 150 Å². The molecule has 90 heavy (non-hydrogen) atoms. The van der Waals surface area contributed by atoms with Crippen LogP contribution in [0.15, 0.2) is 67.8 Å². The van der Waals surface area contributed by atoms with Gasteiger partial charge in [0, 0.05) is 131 Å². The Morgan fingerprint density at radius 2 is 1.40 bits per heavy atom. The first-order valence-electron chi connectivity index (χ1n) is 30.6. The van der Waals surface area contributed by atoms with Crippen molar-refractivity contribution in [2.75, 3.05) is 13.2 Å². The number of benzene rings is 1. The fourth-order valence-electron chi connectivity index (χ4n) is 15.4. The van der Waals surface area contributed by atoms with E-state index in [0.717, 1.165) is 11.1 Å². The molecule has 0 saturated carbocycles. The molecule has 0 radical (unpaired) electrons. The molecular formula is C62H90N13O14P. The number of carbonyl (C=O) groups excluding carboxylic acids is 7. The Labute approximate surface area is 523 Å². The Kier molecular flexibility index (Phi) is 19.6. The Bertz CT molecular complexity index is 3540. The molecule has 8 rings (SSSR count). The zero-order valence-corrected chi connectivity index (χ0v) is 54.1. The third-order valence-corrected chi connectivity index (χ3v) is 21.7. The molecule has 1 aromatic carbocycles. The van der Waals surface area contributed by atoms with Gasteiger partial charge in [-0.25, -0.2) is 9.55 Å². The van der Waals surface area contributed by atoms with E-state index in [0.29, 0.717) is 56.4 Å².